The minimum Gasteiger partial charge on any atom is -0.327 e. The van der Waals surface area contributed by atoms with E-state index in [-0.39, 0.29) is 24.9 Å². The first-order valence-electron chi connectivity index (χ1n) is 10.7. The van der Waals surface area contributed by atoms with Gasteiger partial charge in [0.25, 0.3) is 5.91 Å². The van der Waals surface area contributed by atoms with Gasteiger partial charge in [0.1, 0.15) is 12.6 Å². The van der Waals surface area contributed by atoms with E-state index in [1.165, 1.54) is 0 Å². The van der Waals surface area contributed by atoms with E-state index >= 15 is 0 Å². The normalized spacial score (nSPS) is 16.1. The number of carbonyl (C=O) groups excluding carboxylic acids is 3. The van der Waals surface area contributed by atoms with Crippen molar-refractivity contribution in [2.24, 2.45) is 0 Å². The Morgan fingerprint density at radius 2 is 1.39 bits per heavy atom. The van der Waals surface area contributed by atoms with Gasteiger partial charge in [0.05, 0.1) is 0 Å². The third-order valence-corrected chi connectivity index (χ3v) is 5.78. The van der Waals surface area contributed by atoms with Crippen LogP contribution in [0.4, 0.5) is 0 Å². The van der Waals surface area contributed by atoms with E-state index in [2.05, 4.69) is 0 Å². The van der Waals surface area contributed by atoms with Gasteiger partial charge >= 0.3 is 0 Å². The molecule has 1 saturated heterocycles. The van der Waals surface area contributed by atoms with Crippen molar-refractivity contribution in [3.63, 3.8) is 0 Å². The maximum atomic E-state index is 13.5. The van der Waals surface area contributed by atoms with E-state index in [1.54, 1.807) is 39.5 Å². The Labute approximate surface area is 192 Å². The van der Waals surface area contributed by atoms with Crippen molar-refractivity contribution in [1.82, 2.24) is 15.3 Å². The molecule has 0 saturated carbocycles. The molecule has 1 fully saturated rings. The monoisotopic (exact) mass is 443 g/mol. The van der Waals surface area contributed by atoms with Crippen LogP contribution in [0.5, 0.6) is 0 Å². The van der Waals surface area contributed by atoms with Gasteiger partial charge in [-0.25, -0.2) is 5.48 Å². The molecule has 3 aromatic rings. The predicted octanol–water partition coefficient (Wildman–Crippen LogP) is 2.79. The lowest BCUT2D eigenvalue weighted by Gasteiger charge is -2.40. The number of rotatable bonds is 7. The van der Waals surface area contributed by atoms with Crippen molar-refractivity contribution in [1.29, 1.82) is 0 Å². The Hall–Kier alpha value is -3.97. The highest BCUT2D eigenvalue weighted by Crippen LogP contribution is 2.22. The van der Waals surface area contributed by atoms with Crippen LogP contribution in [0.15, 0.2) is 84.9 Å². The van der Waals surface area contributed by atoms with Crippen LogP contribution < -0.4 is 5.48 Å². The lowest BCUT2D eigenvalue weighted by molar-refractivity contribution is -0.157. The standard InChI is InChI=1S/C26H25N3O4/c30-24-18-28(16-21-11-13-22(14-12-21)25(31)27-33)26(32)23(15-19-7-3-1-4-8-19)29(24)17-20-9-5-2-6-10-20/h1-14,23,33H,15-18H2,(H,27,31)/t23-/m1/s1. The topological polar surface area (TPSA) is 89.9 Å². The molecule has 2 N–H and O–H groups in total. The summed E-state index contributed by atoms with van der Waals surface area (Å²) in [6.45, 7) is 0.633. The van der Waals surface area contributed by atoms with Gasteiger partial charge < -0.3 is 9.80 Å². The van der Waals surface area contributed by atoms with Gasteiger partial charge in [-0.3, -0.25) is 19.6 Å². The van der Waals surface area contributed by atoms with Gasteiger partial charge in [-0.05, 0) is 28.8 Å². The van der Waals surface area contributed by atoms with Crippen LogP contribution in [0, 0.1) is 0 Å². The second kappa shape index (κ2) is 10.1. The Bertz CT molecular complexity index is 1120. The summed E-state index contributed by atoms with van der Waals surface area (Å²) in [7, 11) is 0. The van der Waals surface area contributed by atoms with Gasteiger partial charge in [0.2, 0.25) is 11.8 Å². The summed E-state index contributed by atoms with van der Waals surface area (Å²) in [4.78, 5) is 41.5. The summed E-state index contributed by atoms with van der Waals surface area (Å²) in [6.07, 6.45) is 0.435. The number of nitrogens with one attached hydrogen (secondary N) is 1. The van der Waals surface area contributed by atoms with E-state index in [4.69, 9.17) is 5.21 Å². The summed E-state index contributed by atoms with van der Waals surface area (Å²) in [5.41, 5.74) is 4.65. The van der Waals surface area contributed by atoms with Gasteiger partial charge in [-0.1, -0.05) is 72.8 Å². The highest BCUT2D eigenvalue weighted by atomic mass is 16.5. The second-order valence-corrected chi connectivity index (χ2v) is 8.04. The molecule has 168 valence electrons. The van der Waals surface area contributed by atoms with Crippen molar-refractivity contribution >= 4 is 17.7 Å². The zero-order chi connectivity index (χ0) is 23.2. The molecule has 1 heterocycles. The average molecular weight is 444 g/mol. The van der Waals surface area contributed by atoms with Crippen LogP contribution in [-0.2, 0) is 29.1 Å². The summed E-state index contributed by atoms with van der Waals surface area (Å²) < 4.78 is 0. The Kier molecular flexibility index (Phi) is 6.80. The molecule has 3 aromatic carbocycles. The van der Waals surface area contributed by atoms with Crippen LogP contribution in [0.2, 0.25) is 0 Å². The predicted molar refractivity (Wildman–Crippen MR) is 122 cm³/mol. The van der Waals surface area contributed by atoms with E-state index in [9.17, 15) is 14.4 Å². The van der Waals surface area contributed by atoms with Gasteiger partial charge in [0.15, 0.2) is 0 Å². The van der Waals surface area contributed by atoms with Gasteiger partial charge in [0, 0.05) is 25.1 Å². The number of hydrogen-bond donors (Lipinski definition) is 2. The van der Waals surface area contributed by atoms with Crippen LogP contribution in [0.25, 0.3) is 0 Å². The summed E-state index contributed by atoms with van der Waals surface area (Å²) in [5.74, 6) is -0.813. The molecule has 0 aromatic heterocycles. The third-order valence-electron chi connectivity index (χ3n) is 5.78. The van der Waals surface area contributed by atoms with Crippen molar-refractivity contribution in [2.45, 2.75) is 25.6 Å². The maximum Gasteiger partial charge on any atom is 0.274 e. The quantitative estimate of drug-likeness (QED) is 0.434. The fraction of sp³-hybridized carbons (Fsp3) is 0.192. The summed E-state index contributed by atoms with van der Waals surface area (Å²) in [5, 5.41) is 8.77. The highest BCUT2D eigenvalue weighted by molar-refractivity contribution is 5.95. The Balaban J connectivity index is 1.56. The molecule has 33 heavy (non-hydrogen) atoms. The van der Waals surface area contributed by atoms with Crippen LogP contribution in [-0.4, -0.2) is 45.3 Å². The fourth-order valence-electron chi connectivity index (χ4n) is 4.04. The maximum absolute atomic E-state index is 13.5. The molecule has 4 rings (SSSR count). The minimum atomic E-state index is -0.606. The number of carbonyl (C=O) groups is 3. The highest BCUT2D eigenvalue weighted by Gasteiger charge is 2.39. The first kappa shape index (κ1) is 22.2. The van der Waals surface area contributed by atoms with Crippen LogP contribution >= 0.6 is 0 Å². The van der Waals surface area contributed by atoms with Crippen molar-refractivity contribution in [3.8, 4) is 0 Å². The largest absolute Gasteiger partial charge is 0.327 e. The number of benzene rings is 3. The van der Waals surface area contributed by atoms with Crippen molar-refractivity contribution in [3.05, 3.63) is 107 Å². The van der Waals surface area contributed by atoms with Crippen molar-refractivity contribution < 1.29 is 19.6 Å². The third kappa shape index (κ3) is 5.27. The molecular weight excluding hydrogens is 418 g/mol. The zero-order valence-electron chi connectivity index (χ0n) is 18.1. The Morgan fingerprint density at radius 3 is 2.00 bits per heavy atom. The number of hydroxylamine groups is 1. The Morgan fingerprint density at radius 1 is 0.818 bits per heavy atom. The number of piperazine rings is 1. The molecule has 1 atom stereocenters. The number of amides is 3. The van der Waals surface area contributed by atoms with E-state index in [0.717, 1.165) is 16.7 Å². The summed E-state index contributed by atoms with van der Waals surface area (Å²) >= 11 is 0. The lowest BCUT2D eigenvalue weighted by Crippen LogP contribution is -2.59. The van der Waals surface area contributed by atoms with Crippen LogP contribution in [0.3, 0.4) is 0 Å². The molecule has 7 heteroatoms. The molecule has 0 spiro atoms. The average Bonchev–Trinajstić information content (AvgIpc) is 2.85. The van der Waals surface area contributed by atoms with Gasteiger partial charge in [-0.15, -0.1) is 0 Å². The zero-order valence-corrected chi connectivity index (χ0v) is 18.1. The molecule has 0 radical (unpaired) electrons. The lowest BCUT2D eigenvalue weighted by atomic mass is 9.99. The van der Waals surface area contributed by atoms with E-state index < -0.39 is 11.9 Å². The molecule has 1 aliphatic heterocycles. The van der Waals surface area contributed by atoms with Gasteiger partial charge in [-0.2, -0.15) is 0 Å². The fourth-order valence-corrected chi connectivity index (χ4v) is 4.04. The first-order chi connectivity index (χ1) is 16.0. The first-order valence-corrected chi connectivity index (χ1v) is 10.7. The molecule has 3 amide bonds. The minimum absolute atomic E-state index is 0.00413. The molecule has 7 nitrogen and oxygen atoms in total. The molecule has 0 bridgehead atoms. The molecule has 0 unspecified atom stereocenters. The van der Waals surface area contributed by atoms with E-state index in [1.807, 2.05) is 60.7 Å². The van der Waals surface area contributed by atoms with Crippen LogP contribution in [0.1, 0.15) is 27.0 Å². The number of hydrogen-bond acceptors (Lipinski definition) is 4. The molecular formula is C26H25N3O4. The SMILES string of the molecule is O=C(NO)c1ccc(CN2CC(=O)N(Cc3ccccc3)[C@H](Cc3ccccc3)C2=O)cc1. The molecule has 1 aliphatic rings. The van der Waals surface area contributed by atoms with E-state index in [0.29, 0.717) is 18.5 Å². The molecule has 0 aliphatic carbocycles. The number of nitrogens with zero attached hydrogens (tertiary/aromatic N) is 2. The van der Waals surface area contributed by atoms with Crippen molar-refractivity contribution in [2.75, 3.05) is 6.54 Å². The second-order valence-electron chi connectivity index (χ2n) is 8.04. The smallest absolute Gasteiger partial charge is 0.274 e. The summed E-state index contributed by atoms with van der Waals surface area (Å²) in [6, 6.07) is 25.3.